The molecule has 1 heterocycles. The smallest absolute Gasteiger partial charge is 0.328 e. The van der Waals surface area contributed by atoms with Crippen molar-refractivity contribution in [1.29, 1.82) is 0 Å². The van der Waals surface area contributed by atoms with Crippen LogP contribution in [0.15, 0.2) is 10.9 Å². The number of aryl methyl sites for hydroxylation is 2. The van der Waals surface area contributed by atoms with Crippen molar-refractivity contribution in [2.75, 3.05) is 7.11 Å². The monoisotopic (exact) mass is 335 g/mol. The van der Waals surface area contributed by atoms with Crippen molar-refractivity contribution in [2.24, 2.45) is 5.92 Å². The molecule has 2 rings (SSSR count). The van der Waals surface area contributed by atoms with Crippen LogP contribution in [-0.4, -0.2) is 34.8 Å². The summed E-state index contributed by atoms with van der Waals surface area (Å²) < 4.78 is 5.89. The van der Waals surface area contributed by atoms with Gasteiger partial charge >= 0.3 is 5.97 Å². The number of methoxy groups -OCH3 is 1. The molecule has 7 nitrogen and oxygen atoms in total. The highest BCUT2D eigenvalue weighted by Gasteiger charge is 2.23. The van der Waals surface area contributed by atoms with E-state index < -0.39 is 17.9 Å². The van der Waals surface area contributed by atoms with Gasteiger partial charge in [-0.1, -0.05) is 13.8 Å². The van der Waals surface area contributed by atoms with Crippen LogP contribution in [0.5, 0.6) is 0 Å². The standard InChI is InChI=1S/C17H25N3O4/c1-11(2)8-14(17(23)24-3)18-15(21)10-20-16(22)9-12-6-4-5-7-13(12)19-20/h9,11,14H,4-8,10H2,1-3H3,(H,18,21). The molecule has 132 valence electrons. The van der Waals surface area contributed by atoms with Crippen molar-refractivity contribution in [3.8, 4) is 0 Å². The van der Waals surface area contributed by atoms with Crippen molar-refractivity contribution in [1.82, 2.24) is 15.1 Å². The Balaban J connectivity index is 2.08. The van der Waals surface area contributed by atoms with E-state index in [4.69, 9.17) is 4.74 Å². The SMILES string of the molecule is COC(=O)C(CC(C)C)NC(=O)Cn1nc2c(cc1=O)CCCC2. The van der Waals surface area contributed by atoms with Gasteiger partial charge in [0.2, 0.25) is 5.91 Å². The zero-order chi connectivity index (χ0) is 17.7. The molecule has 0 bridgehead atoms. The summed E-state index contributed by atoms with van der Waals surface area (Å²) in [5.41, 5.74) is 1.58. The minimum absolute atomic E-state index is 0.197. The molecule has 1 aromatic heterocycles. The fraction of sp³-hybridized carbons (Fsp3) is 0.647. The number of hydrogen-bond acceptors (Lipinski definition) is 5. The van der Waals surface area contributed by atoms with Crippen LogP contribution < -0.4 is 10.9 Å². The number of hydrogen-bond donors (Lipinski definition) is 1. The normalized spacial score (nSPS) is 14.8. The average Bonchev–Trinajstić information content (AvgIpc) is 2.53. The predicted octanol–water partition coefficient (Wildman–Crippen LogP) is 0.826. The Kier molecular flexibility index (Phi) is 6.11. The lowest BCUT2D eigenvalue weighted by Crippen LogP contribution is -2.45. The van der Waals surface area contributed by atoms with Gasteiger partial charge in [-0.2, -0.15) is 5.10 Å². The Morgan fingerprint density at radius 3 is 2.71 bits per heavy atom. The molecule has 0 fully saturated rings. The Labute approximate surface area is 141 Å². The van der Waals surface area contributed by atoms with Gasteiger partial charge in [0.15, 0.2) is 0 Å². The van der Waals surface area contributed by atoms with E-state index in [9.17, 15) is 14.4 Å². The predicted molar refractivity (Wildman–Crippen MR) is 88.5 cm³/mol. The number of aromatic nitrogens is 2. The number of nitrogens with one attached hydrogen (secondary N) is 1. The maximum absolute atomic E-state index is 12.2. The van der Waals surface area contributed by atoms with Gasteiger partial charge in [-0.3, -0.25) is 9.59 Å². The summed E-state index contributed by atoms with van der Waals surface area (Å²) in [6.07, 6.45) is 4.28. The van der Waals surface area contributed by atoms with E-state index in [0.29, 0.717) is 6.42 Å². The third kappa shape index (κ3) is 4.66. The highest BCUT2D eigenvalue weighted by Crippen LogP contribution is 2.16. The first-order valence-electron chi connectivity index (χ1n) is 8.37. The molecule has 1 unspecified atom stereocenters. The van der Waals surface area contributed by atoms with Crippen molar-refractivity contribution in [2.45, 2.75) is 58.5 Å². The summed E-state index contributed by atoms with van der Waals surface area (Å²) in [6, 6.07) is 0.858. The molecule has 0 aromatic carbocycles. The third-order valence-electron chi connectivity index (χ3n) is 4.10. The van der Waals surface area contributed by atoms with Gasteiger partial charge in [0.1, 0.15) is 12.6 Å². The van der Waals surface area contributed by atoms with E-state index in [2.05, 4.69) is 10.4 Å². The lowest BCUT2D eigenvalue weighted by Gasteiger charge is -2.19. The van der Waals surface area contributed by atoms with Crippen LogP contribution in [0, 0.1) is 5.92 Å². The number of carbonyl (C=O) groups is 2. The Morgan fingerprint density at radius 1 is 1.33 bits per heavy atom. The van der Waals surface area contributed by atoms with Crippen LogP contribution in [0.4, 0.5) is 0 Å². The molecule has 1 N–H and O–H groups in total. The molecule has 0 saturated carbocycles. The second kappa shape index (κ2) is 8.08. The van der Waals surface area contributed by atoms with Crippen LogP contribution in [0.2, 0.25) is 0 Å². The Hall–Kier alpha value is -2.18. The minimum Gasteiger partial charge on any atom is -0.467 e. The molecular formula is C17H25N3O4. The molecular weight excluding hydrogens is 310 g/mol. The number of amides is 1. The largest absolute Gasteiger partial charge is 0.467 e. The van der Waals surface area contributed by atoms with Crippen molar-refractivity contribution < 1.29 is 14.3 Å². The van der Waals surface area contributed by atoms with Crippen LogP contribution in [0.25, 0.3) is 0 Å². The Bertz CT molecular complexity index is 666. The number of nitrogens with zero attached hydrogens (tertiary/aromatic N) is 2. The van der Waals surface area contributed by atoms with Crippen LogP contribution in [-0.2, 0) is 33.7 Å². The summed E-state index contributed by atoms with van der Waals surface area (Å²) in [5.74, 6) is -0.682. The number of rotatable bonds is 6. The van der Waals surface area contributed by atoms with Crippen molar-refractivity contribution >= 4 is 11.9 Å². The van der Waals surface area contributed by atoms with Crippen LogP contribution >= 0.6 is 0 Å². The molecule has 0 spiro atoms. The van der Waals surface area contributed by atoms with E-state index in [1.165, 1.54) is 11.8 Å². The van der Waals surface area contributed by atoms with Gasteiger partial charge in [-0.05, 0) is 43.6 Å². The van der Waals surface area contributed by atoms with E-state index in [1.54, 1.807) is 6.07 Å². The summed E-state index contributed by atoms with van der Waals surface area (Å²) >= 11 is 0. The molecule has 0 saturated heterocycles. The topological polar surface area (TPSA) is 90.3 Å². The third-order valence-corrected chi connectivity index (χ3v) is 4.10. The zero-order valence-electron chi connectivity index (χ0n) is 14.5. The van der Waals surface area contributed by atoms with Crippen LogP contribution in [0.1, 0.15) is 44.4 Å². The first-order chi connectivity index (χ1) is 11.4. The van der Waals surface area contributed by atoms with Crippen molar-refractivity contribution in [3.05, 3.63) is 27.7 Å². The summed E-state index contributed by atoms with van der Waals surface area (Å²) in [7, 11) is 1.29. The second-order valence-corrected chi connectivity index (χ2v) is 6.59. The summed E-state index contributed by atoms with van der Waals surface area (Å²) in [6.45, 7) is 3.72. The molecule has 7 heteroatoms. The maximum Gasteiger partial charge on any atom is 0.328 e. The zero-order valence-corrected chi connectivity index (χ0v) is 14.5. The molecule has 0 aliphatic heterocycles. The minimum atomic E-state index is -0.712. The highest BCUT2D eigenvalue weighted by atomic mass is 16.5. The summed E-state index contributed by atoms with van der Waals surface area (Å²) in [5, 5.41) is 6.95. The van der Waals surface area contributed by atoms with Gasteiger partial charge < -0.3 is 10.1 Å². The van der Waals surface area contributed by atoms with E-state index >= 15 is 0 Å². The fourth-order valence-electron chi connectivity index (χ4n) is 2.92. The Morgan fingerprint density at radius 2 is 2.04 bits per heavy atom. The van der Waals surface area contributed by atoms with Crippen LogP contribution in [0.3, 0.4) is 0 Å². The molecule has 1 amide bonds. The fourth-order valence-corrected chi connectivity index (χ4v) is 2.92. The number of ether oxygens (including phenoxy) is 1. The molecule has 24 heavy (non-hydrogen) atoms. The van der Waals surface area contributed by atoms with E-state index in [0.717, 1.165) is 36.9 Å². The summed E-state index contributed by atoms with van der Waals surface area (Å²) in [4.78, 5) is 36.1. The van der Waals surface area contributed by atoms with Crippen molar-refractivity contribution in [3.63, 3.8) is 0 Å². The molecule has 1 aromatic rings. The number of fused-ring (bicyclic) bond motifs is 1. The molecule has 1 aliphatic rings. The lowest BCUT2D eigenvalue weighted by atomic mass is 9.97. The van der Waals surface area contributed by atoms with E-state index in [-0.39, 0.29) is 18.0 Å². The molecule has 1 aliphatic carbocycles. The van der Waals surface area contributed by atoms with Gasteiger partial charge in [0.05, 0.1) is 12.8 Å². The lowest BCUT2D eigenvalue weighted by molar-refractivity contribution is -0.145. The van der Waals surface area contributed by atoms with Gasteiger partial charge in [-0.25, -0.2) is 9.48 Å². The molecule has 0 radical (unpaired) electrons. The van der Waals surface area contributed by atoms with E-state index in [1.807, 2.05) is 13.8 Å². The first-order valence-corrected chi connectivity index (χ1v) is 8.37. The maximum atomic E-state index is 12.2. The highest BCUT2D eigenvalue weighted by molar-refractivity contribution is 5.84. The van der Waals surface area contributed by atoms with Gasteiger partial charge in [0.25, 0.3) is 5.56 Å². The number of esters is 1. The van der Waals surface area contributed by atoms with Gasteiger partial charge in [-0.15, -0.1) is 0 Å². The van der Waals surface area contributed by atoms with Gasteiger partial charge in [0, 0.05) is 6.07 Å². The number of carbonyl (C=O) groups excluding carboxylic acids is 2. The molecule has 1 atom stereocenters. The average molecular weight is 335 g/mol. The second-order valence-electron chi connectivity index (χ2n) is 6.59. The quantitative estimate of drug-likeness (QED) is 0.778. The first kappa shape index (κ1) is 18.2.